The smallest absolute Gasteiger partial charge is 0.264 e. The predicted molar refractivity (Wildman–Crippen MR) is 110 cm³/mol. The van der Waals surface area contributed by atoms with Crippen LogP contribution in [0.15, 0.2) is 70.6 Å². The molecule has 2 heterocycles. The van der Waals surface area contributed by atoms with Crippen LogP contribution in [0.4, 0.5) is 24.0 Å². The van der Waals surface area contributed by atoms with Crippen molar-refractivity contribution in [2.45, 2.75) is 11.1 Å². The lowest BCUT2D eigenvalue weighted by Gasteiger charge is -2.23. The van der Waals surface area contributed by atoms with Crippen molar-refractivity contribution < 1.29 is 21.6 Å². The molecule has 0 saturated heterocycles. The number of rotatable bonds is 4. The number of sulfonamides is 1. The van der Waals surface area contributed by atoms with E-state index in [2.05, 4.69) is 30.3 Å². The maximum atomic E-state index is 13.5. The van der Waals surface area contributed by atoms with E-state index >= 15 is 0 Å². The standard InChI is InChI=1S/C18H10BrF3N4O2S2/c19-15-8-13(18(20,21)22)2-4-16(15)26(17-24-10-25-29-17)30(27,28)14-3-1-12-9-23-6-5-11(12)7-14/h1-10H. The number of hydrogen-bond donors (Lipinski definition) is 0. The Morgan fingerprint density at radius 1 is 1.03 bits per heavy atom. The highest BCUT2D eigenvalue weighted by Gasteiger charge is 2.34. The summed E-state index contributed by atoms with van der Waals surface area (Å²) in [5, 5.41) is 1.38. The van der Waals surface area contributed by atoms with Crippen LogP contribution in [0.1, 0.15) is 5.56 Å². The molecule has 0 aliphatic rings. The van der Waals surface area contributed by atoms with E-state index in [0.29, 0.717) is 5.39 Å². The largest absolute Gasteiger partial charge is 0.416 e. The van der Waals surface area contributed by atoms with E-state index in [4.69, 9.17) is 0 Å². The van der Waals surface area contributed by atoms with Crippen LogP contribution < -0.4 is 4.31 Å². The number of pyridine rings is 1. The van der Waals surface area contributed by atoms with Crippen molar-refractivity contribution in [1.29, 1.82) is 0 Å². The van der Waals surface area contributed by atoms with Gasteiger partial charge in [0.25, 0.3) is 10.0 Å². The van der Waals surface area contributed by atoms with E-state index in [-0.39, 0.29) is 20.2 Å². The van der Waals surface area contributed by atoms with Gasteiger partial charge in [0.1, 0.15) is 6.33 Å². The quantitative estimate of drug-likeness (QED) is 0.364. The van der Waals surface area contributed by atoms with E-state index in [9.17, 15) is 21.6 Å². The summed E-state index contributed by atoms with van der Waals surface area (Å²) < 4.78 is 70.8. The number of nitrogens with zero attached hydrogens (tertiary/aromatic N) is 4. The molecule has 2 aromatic carbocycles. The van der Waals surface area contributed by atoms with Crippen LogP contribution in [0.5, 0.6) is 0 Å². The summed E-state index contributed by atoms with van der Waals surface area (Å²) >= 11 is 3.87. The summed E-state index contributed by atoms with van der Waals surface area (Å²) in [6.07, 6.45) is -0.263. The number of hydrogen-bond acceptors (Lipinski definition) is 6. The topological polar surface area (TPSA) is 76.1 Å². The van der Waals surface area contributed by atoms with E-state index in [0.717, 1.165) is 39.4 Å². The van der Waals surface area contributed by atoms with Crippen molar-refractivity contribution in [3.05, 3.63) is 71.2 Å². The fourth-order valence-corrected chi connectivity index (χ4v) is 5.69. The summed E-state index contributed by atoms with van der Waals surface area (Å²) in [7, 11) is -4.23. The molecule has 0 atom stereocenters. The normalized spacial score (nSPS) is 12.3. The van der Waals surface area contributed by atoms with Crippen LogP contribution in [0, 0.1) is 0 Å². The molecule has 0 spiro atoms. The van der Waals surface area contributed by atoms with Gasteiger partial charge in [-0.2, -0.15) is 17.5 Å². The van der Waals surface area contributed by atoms with Crippen molar-refractivity contribution in [2.75, 3.05) is 4.31 Å². The minimum Gasteiger partial charge on any atom is -0.264 e. The number of alkyl halides is 3. The van der Waals surface area contributed by atoms with Crippen molar-refractivity contribution in [3.63, 3.8) is 0 Å². The Morgan fingerprint density at radius 2 is 1.83 bits per heavy atom. The fourth-order valence-electron chi connectivity index (χ4n) is 2.77. The minimum absolute atomic E-state index is 0.00900. The second-order valence-corrected chi connectivity index (χ2v) is 9.44. The first-order valence-electron chi connectivity index (χ1n) is 8.20. The van der Waals surface area contributed by atoms with Crippen LogP contribution in [0.25, 0.3) is 10.8 Å². The minimum atomic E-state index is -4.57. The zero-order valence-electron chi connectivity index (χ0n) is 14.7. The zero-order valence-corrected chi connectivity index (χ0v) is 17.9. The Balaban J connectivity index is 1.89. The van der Waals surface area contributed by atoms with Gasteiger partial charge in [-0.15, -0.1) is 0 Å². The highest BCUT2D eigenvalue weighted by atomic mass is 79.9. The molecule has 4 aromatic rings. The number of anilines is 2. The molecule has 0 amide bonds. The van der Waals surface area contributed by atoms with Gasteiger partial charge in [0, 0.05) is 33.8 Å². The molecular formula is C18H10BrF3N4O2S2. The van der Waals surface area contributed by atoms with Crippen LogP contribution in [-0.2, 0) is 16.2 Å². The summed E-state index contributed by atoms with van der Waals surface area (Å²) in [5.74, 6) is 0. The number of fused-ring (bicyclic) bond motifs is 1. The van der Waals surface area contributed by atoms with Gasteiger partial charge in [0.2, 0.25) is 5.13 Å². The Hall–Kier alpha value is -2.57. The maximum absolute atomic E-state index is 13.5. The average Bonchev–Trinajstić information content (AvgIpc) is 3.22. The molecule has 2 aromatic heterocycles. The number of aromatic nitrogens is 3. The van der Waals surface area contributed by atoms with Gasteiger partial charge in [-0.25, -0.2) is 17.7 Å². The van der Waals surface area contributed by atoms with Gasteiger partial charge in [-0.3, -0.25) is 4.98 Å². The third-order valence-electron chi connectivity index (χ3n) is 4.17. The molecule has 0 radical (unpaired) electrons. The Morgan fingerprint density at radius 3 is 2.50 bits per heavy atom. The highest BCUT2D eigenvalue weighted by molar-refractivity contribution is 9.10. The Kier molecular flexibility index (Phi) is 5.24. The molecule has 0 N–H and O–H groups in total. The molecule has 12 heteroatoms. The first-order chi connectivity index (χ1) is 14.2. The summed E-state index contributed by atoms with van der Waals surface area (Å²) in [6.45, 7) is 0. The average molecular weight is 515 g/mol. The monoisotopic (exact) mass is 514 g/mol. The molecule has 0 unspecified atom stereocenters. The summed E-state index contributed by atoms with van der Waals surface area (Å²) in [5.41, 5.74) is -0.930. The predicted octanol–water partition coefficient (Wildman–Crippen LogP) is 5.39. The Labute approximate surface area is 181 Å². The lowest BCUT2D eigenvalue weighted by molar-refractivity contribution is -0.137. The van der Waals surface area contributed by atoms with Crippen LogP contribution >= 0.6 is 27.5 Å². The third kappa shape index (κ3) is 3.77. The van der Waals surface area contributed by atoms with Crippen molar-refractivity contribution >= 4 is 59.1 Å². The zero-order chi connectivity index (χ0) is 21.5. The molecule has 0 bridgehead atoms. The van der Waals surface area contributed by atoms with Crippen molar-refractivity contribution in [2.24, 2.45) is 0 Å². The second kappa shape index (κ2) is 7.60. The van der Waals surface area contributed by atoms with Gasteiger partial charge in [0.05, 0.1) is 16.1 Å². The molecule has 0 fully saturated rings. The first kappa shape index (κ1) is 20.7. The summed E-state index contributed by atoms with van der Waals surface area (Å²) in [6, 6.07) is 8.87. The molecule has 0 aliphatic heterocycles. The number of halogens is 4. The lowest BCUT2D eigenvalue weighted by atomic mass is 10.2. The molecule has 0 aliphatic carbocycles. The molecule has 30 heavy (non-hydrogen) atoms. The molecule has 4 rings (SSSR count). The van der Waals surface area contributed by atoms with Gasteiger partial charge in [-0.1, -0.05) is 6.07 Å². The lowest BCUT2D eigenvalue weighted by Crippen LogP contribution is -2.26. The van der Waals surface area contributed by atoms with Crippen molar-refractivity contribution in [1.82, 2.24) is 14.3 Å². The van der Waals surface area contributed by atoms with Gasteiger partial charge < -0.3 is 0 Å². The van der Waals surface area contributed by atoms with Crippen LogP contribution in [0.2, 0.25) is 0 Å². The molecular weight excluding hydrogens is 505 g/mol. The first-order valence-corrected chi connectivity index (χ1v) is 11.2. The Bertz CT molecular complexity index is 1330. The van der Waals surface area contributed by atoms with Gasteiger partial charge in [-0.05, 0) is 57.7 Å². The summed E-state index contributed by atoms with van der Waals surface area (Å²) in [4.78, 5) is 7.90. The van der Waals surface area contributed by atoms with E-state index in [1.54, 1.807) is 18.3 Å². The van der Waals surface area contributed by atoms with E-state index in [1.165, 1.54) is 24.7 Å². The SMILES string of the molecule is O=S(=O)(c1ccc2cnccc2c1)N(c1ncns1)c1ccc(C(F)(F)F)cc1Br. The van der Waals surface area contributed by atoms with E-state index in [1.807, 2.05) is 0 Å². The molecule has 6 nitrogen and oxygen atoms in total. The fraction of sp³-hybridized carbons (Fsp3) is 0.0556. The van der Waals surface area contributed by atoms with Crippen LogP contribution in [-0.4, -0.2) is 22.8 Å². The highest BCUT2D eigenvalue weighted by Crippen LogP contribution is 2.40. The van der Waals surface area contributed by atoms with Crippen molar-refractivity contribution in [3.8, 4) is 0 Å². The molecule has 0 saturated carbocycles. The third-order valence-corrected chi connectivity index (χ3v) is 7.27. The number of benzene rings is 2. The second-order valence-electron chi connectivity index (χ2n) is 6.04. The van der Waals surface area contributed by atoms with Crippen LogP contribution in [0.3, 0.4) is 0 Å². The van der Waals surface area contributed by atoms with Gasteiger partial charge in [0.15, 0.2) is 0 Å². The molecule has 154 valence electrons. The van der Waals surface area contributed by atoms with E-state index < -0.39 is 21.8 Å². The van der Waals surface area contributed by atoms with Gasteiger partial charge >= 0.3 is 6.18 Å². The maximum Gasteiger partial charge on any atom is 0.416 e.